The van der Waals surface area contributed by atoms with Crippen molar-refractivity contribution in [1.82, 2.24) is 0 Å². The number of halogens is 2. The summed E-state index contributed by atoms with van der Waals surface area (Å²) in [4.78, 5) is 7.94. The molecule has 122 valence electrons. The largest absolute Gasteiger partial charge is 0.369 e. The summed E-state index contributed by atoms with van der Waals surface area (Å²) < 4.78 is 25.8. The summed E-state index contributed by atoms with van der Waals surface area (Å²) in [6.45, 7) is 2.76. The molecule has 0 radical (unpaired) electrons. The second kappa shape index (κ2) is 9.70. The number of nitrogens with one attached hydrogen (secondary N) is 1. The Hall–Kier alpha value is -2.18. The fraction of sp³-hybridized carbons (Fsp3) is 0.467. The molecule has 1 rings (SSSR count). The van der Waals surface area contributed by atoms with Gasteiger partial charge in [-0.1, -0.05) is 32.6 Å². The zero-order chi connectivity index (χ0) is 16.4. The Morgan fingerprint density at radius 2 is 1.82 bits per heavy atom. The summed E-state index contributed by atoms with van der Waals surface area (Å²) in [5.74, 6) is -1.86. The van der Waals surface area contributed by atoms with E-state index in [0.717, 1.165) is 25.0 Å². The van der Waals surface area contributed by atoms with E-state index < -0.39 is 11.6 Å². The predicted molar refractivity (Wildman–Crippen MR) is 86.9 cm³/mol. The molecular weight excluding hydrogens is 288 g/mol. The monoisotopic (exact) mass is 311 g/mol. The SMILES string of the molecule is CCCCCCCN=C(N)N=C(N)Nc1ccc(F)c(F)c1. The molecule has 0 spiro atoms. The molecule has 0 aliphatic heterocycles. The van der Waals surface area contributed by atoms with Crippen LogP contribution >= 0.6 is 0 Å². The van der Waals surface area contributed by atoms with Crippen molar-refractivity contribution >= 4 is 17.6 Å². The number of aliphatic imine (C=N–C) groups is 2. The van der Waals surface area contributed by atoms with Gasteiger partial charge in [-0.15, -0.1) is 0 Å². The van der Waals surface area contributed by atoms with Crippen LogP contribution in [-0.2, 0) is 0 Å². The standard InChI is InChI=1S/C15H23F2N5/c1-2-3-4-5-6-9-20-14(18)22-15(19)21-11-7-8-12(16)13(17)10-11/h7-8,10H,2-6,9H2,1H3,(H5,18,19,20,21,22). The molecule has 7 heteroatoms. The normalized spacial score (nSPS) is 12.5. The summed E-state index contributed by atoms with van der Waals surface area (Å²) in [5, 5.41) is 2.62. The number of hydrogen-bond donors (Lipinski definition) is 3. The Labute approximate surface area is 129 Å². The topological polar surface area (TPSA) is 88.8 Å². The van der Waals surface area contributed by atoms with Crippen molar-refractivity contribution in [1.29, 1.82) is 0 Å². The highest BCUT2D eigenvalue weighted by atomic mass is 19.2. The first kappa shape index (κ1) is 17.9. The molecule has 0 heterocycles. The summed E-state index contributed by atoms with van der Waals surface area (Å²) in [6, 6.07) is 3.33. The van der Waals surface area contributed by atoms with Gasteiger partial charge >= 0.3 is 0 Å². The molecule has 0 saturated heterocycles. The van der Waals surface area contributed by atoms with Crippen molar-refractivity contribution in [2.24, 2.45) is 21.5 Å². The van der Waals surface area contributed by atoms with E-state index in [4.69, 9.17) is 11.5 Å². The van der Waals surface area contributed by atoms with E-state index in [1.54, 1.807) is 0 Å². The first-order valence-electron chi connectivity index (χ1n) is 7.39. The maximum atomic E-state index is 13.0. The zero-order valence-electron chi connectivity index (χ0n) is 12.8. The van der Waals surface area contributed by atoms with E-state index in [9.17, 15) is 8.78 Å². The predicted octanol–water partition coefficient (Wildman–Crippen LogP) is 2.98. The number of hydrogen-bond acceptors (Lipinski definition) is 1. The minimum absolute atomic E-state index is 0.0294. The molecule has 1 aromatic carbocycles. The number of anilines is 1. The van der Waals surface area contributed by atoms with Gasteiger partial charge in [0.2, 0.25) is 11.9 Å². The van der Waals surface area contributed by atoms with Crippen LogP contribution in [0, 0.1) is 11.6 Å². The number of rotatable bonds is 7. The Balaban J connectivity index is 2.44. The second-order valence-electron chi connectivity index (χ2n) is 4.91. The van der Waals surface area contributed by atoms with Crippen LogP contribution in [0.25, 0.3) is 0 Å². The number of nitrogens with zero attached hydrogens (tertiary/aromatic N) is 2. The van der Waals surface area contributed by atoms with Gasteiger partial charge in [-0.2, -0.15) is 4.99 Å². The van der Waals surface area contributed by atoms with Crippen LogP contribution in [0.15, 0.2) is 28.2 Å². The smallest absolute Gasteiger partial charge is 0.218 e. The molecule has 1 aromatic rings. The van der Waals surface area contributed by atoms with Crippen LogP contribution in [-0.4, -0.2) is 18.5 Å². The third-order valence-electron chi connectivity index (χ3n) is 2.96. The van der Waals surface area contributed by atoms with Crippen LogP contribution in [0.4, 0.5) is 14.5 Å². The first-order chi connectivity index (χ1) is 10.5. The zero-order valence-corrected chi connectivity index (χ0v) is 12.8. The van der Waals surface area contributed by atoms with Gasteiger partial charge in [-0.3, -0.25) is 4.99 Å². The molecule has 0 unspecified atom stereocenters. The maximum Gasteiger partial charge on any atom is 0.218 e. The number of guanidine groups is 2. The molecular formula is C15H23F2N5. The average Bonchev–Trinajstić information content (AvgIpc) is 2.46. The third kappa shape index (κ3) is 7.01. The lowest BCUT2D eigenvalue weighted by atomic mass is 10.2. The highest BCUT2D eigenvalue weighted by Crippen LogP contribution is 2.12. The molecule has 0 aliphatic carbocycles. The molecule has 0 bridgehead atoms. The van der Waals surface area contributed by atoms with Crippen molar-refractivity contribution in [2.45, 2.75) is 39.0 Å². The van der Waals surface area contributed by atoms with E-state index in [-0.39, 0.29) is 17.6 Å². The lowest BCUT2D eigenvalue weighted by Crippen LogP contribution is -2.26. The number of nitrogens with two attached hydrogens (primary N) is 2. The molecule has 5 N–H and O–H groups in total. The Morgan fingerprint density at radius 1 is 1.09 bits per heavy atom. The summed E-state index contributed by atoms with van der Waals surface area (Å²) >= 11 is 0. The van der Waals surface area contributed by atoms with Gasteiger partial charge in [0.1, 0.15) is 0 Å². The lowest BCUT2D eigenvalue weighted by Gasteiger charge is -2.05. The van der Waals surface area contributed by atoms with E-state index in [1.807, 2.05) is 0 Å². The van der Waals surface area contributed by atoms with Crippen molar-refractivity contribution in [3.63, 3.8) is 0 Å². The van der Waals surface area contributed by atoms with Crippen LogP contribution < -0.4 is 16.8 Å². The van der Waals surface area contributed by atoms with Crippen LogP contribution in [0.3, 0.4) is 0 Å². The molecule has 22 heavy (non-hydrogen) atoms. The molecule has 0 atom stereocenters. The average molecular weight is 311 g/mol. The number of benzene rings is 1. The highest BCUT2D eigenvalue weighted by Gasteiger charge is 2.03. The highest BCUT2D eigenvalue weighted by molar-refractivity contribution is 6.00. The van der Waals surface area contributed by atoms with Gasteiger partial charge in [0.15, 0.2) is 11.6 Å². The first-order valence-corrected chi connectivity index (χ1v) is 7.39. The number of unbranched alkanes of at least 4 members (excludes halogenated alkanes) is 4. The van der Waals surface area contributed by atoms with Crippen LogP contribution in [0.1, 0.15) is 39.0 Å². The summed E-state index contributed by atoms with van der Waals surface area (Å²) in [5.41, 5.74) is 11.5. The minimum Gasteiger partial charge on any atom is -0.369 e. The van der Waals surface area contributed by atoms with Crippen molar-refractivity contribution < 1.29 is 8.78 Å². The Kier molecular flexibility index (Phi) is 7.88. The molecule has 0 saturated carbocycles. The van der Waals surface area contributed by atoms with Crippen LogP contribution in [0.5, 0.6) is 0 Å². The van der Waals surface area contributed by atoms with Gasteiger partial charge in [-0.25, -0.2) is 8.78 Å². The van der Waals surface area contributed by atoms with Crippen LogP contribution in [0.2, 0.25) is 0 Å². The fourth-order valence-corrected chi connectivity index (χ4v) is 1.82. The molecule has 0 aromatic heterocycles. The van der Waals surface area contributed by atoms with Gasteiger partial charge in [0, 0.05) is 18.3 Å². The maximum absolute atomic E-state index is 13.0. The van der Waals surface area contributed by atoms with Gasteiger partial charge in [0.05, 0.1) is 0 Å². The molecule has 0 amide bonds. The van der Waals surface area contributed by atoms with E-state index >= 15 is 0 Å². The summed E-state index contributed by atoms with van der Waals surface area (Å²) in [6.07, 6.45) is 5.67. The van der Waals surface area contributed by atoms with E-state index in [1.165, 1.54) is 25.3 Å². The summed E-state index contributed by atoms with van der Waals surface area (Å²) in [7, 11) is 0. The van der Waals surface area contributed by atoms with E-state index in [0.29, 0.717) is 6.54 Å². The van der Waals surface area contributed by atoms with Gasteiger partial charge in [0.25, 0.3) is 0 Å². The Bertz CT molecular complexity index is 529. The van der Waals surface area contributed by atoms with Crippen molar-refractivity contribution in [2.75, 3.05) is 11.9 Å². The third-order valence-corrected chi connectivity index (χ3v) is 2.96. The molecule has 5 nitrogen and oxygen atoms in total. The Morgan fingerprint density at radius 3 is 2.50 bits per heavy atom. The van der Waals surface area contributed by atoms with Gasteiger partial charge in [-0.05, 0) is 18.6 Å². The van der Waals surface area contributed by atoms with E-state index in [2.05, 4.69) is 22.2 Å². The molecule has 0 fully saturated rings. The van der Waals surface area contributed by atoms with Gasteiger partial charge < -0.3 is 16.8 Å². The fourth-order valence-electron chi connectivity index (χ4n) is 1.82. The minimum atomic E-state index is -0.966. The molecule has 0 aliphatic rings. The van der Waals surface area contributed by atoms with Crippen molar-refractivity contribution in [3.8, 4) is 0 Å². The quantitative estimate of drug-likeness (QED) is 0.411. The lowest BCUT2D eigenvalue weighted by molar-refractivity contribution is 0.509. The second-order valence-corrected chi connectivity index (χ2v) is 4.91. The van der Waals surface area contributed by atoms with Crippen molar-refractivity contribution in [3.05, 3.63) is 29.8 Å².